The molecule has 2 aromatic heterocycles. The first-order valence-electron chi connectivity index (χ1n) is 12.5. The van der Waals surface area contributed by atoms with Crippen LogP contribution in [-0.4, -0.2) is 56.0 Å². The summed E-state index contributed by atoms with van der Waals surface area (Å²) in [5, 5.41) is 13.8. The number of methoxy groups -OCH3 is 1. The molecule has 182 valence electrons. The van der Waals surface area contributed by atoms with Gasteiger partial charge in [-0.2, -0.15) is 0 Å². The number of ether oxygens (including phenoxy) is 2. The van der Waals surface area contributed by atoms with Crippen molar-refractivity contribution in [2.24, 2.45) is 0 Å². The van der Waals surface area contributed by atoms with E-state index in [4.69, 9.17) is 9.47 Å². The second-order valence-electron chi connectivity index (χ2n) is 9.47. The summed E-state index contributed by atoms with van der Waals surface area (Å²) in [6.45, 7) is 4.22. The largest absolute Gasteiger partial charge is 0.497 e. The highest BCUT2D eigenvalue weighted by molar-refractivity contribution is 5.80. The van der Waals surface area contributed by atoms with E-state index in [9.17, 15) is 4.79 Å². The molecule has 0 radical (unpaired) electrons. The molecule has 9 heteroatoms. The van der Waals surface area contributed by atoms with Crippen molar-refractivity contribution in [3.63, 3.8) is 0 Å². The highest BCUT2D eigenvalue weighted by atomic mass is 16.5. The average molecular weight is 467 g/mol. The molecule has 3 heterocycles. The summed E-state index contributed by atoms with van der Waals surface area (Å²) in [5.41, 5.74) is 1.49. The van der Waals surface area contributed by atoms with Gasteiger partial charge in [-0.1, -0.05) is 19.8 Å². The lowest BCUT2D eigenvalue weighted by Crippen LogP contribution is -2.39. The number of pyridine rings is 1. The first-order valence-corrected chi connectivity index (χ1v) is 12.5. The lowest BCUT2D eigenvalue weighted by atomic mass is 10.0. The summed E-state index contributed by atoms with van der Waals surface area (Å²) in [6, 6.07) is 8.23. The Kier molecular flexibility index (Phi) is 6.92. The molecule has 5 rings (SSSR count). The number of hydrogen-bond acceptors (Lipinski definition) is 7. The lowest BCUT2D eigenvalue weighted by molar-refractivity contribution is 0.0839. The zero-order valence-electron chi connectivity index (χ0n) is 20.1. The number of aromatic amines is 1. The Labute approximate surface area is 199 Å². The maximum atomic E-state index is 13.1. The van der Waals surface area contributed by atoms with Crippen molar-refractivity contribution < 1.29 is 9.47 Å². The van der Waals surface area contributed by atoms with Crippen LogP contribution in [0.3, 0.4) is 0 Å². The van der Waals surface area contributed by atoms with E-state index in [0.717, 1.165) is 66.8 Å². The summed E-state index contributed by atoms with van der Waals surface area (Å²) in [5.74, 6) is 1.60. The third-order valence-electron chi connectivity index (χ3n) is 7.32. The highest BCUT2D eigenvalue weighted by Crippen LogP contribution is 2.34. The molecule has 9 nitrogen and oxygen atoms in total. The number of hydrogen-bond donors (Lipinski definition) is 1. The van der Waals surface area contributed by atoms with Gasteiger partial charge >= 0.3 is 0 Å². The average Bonchev–Trinajstić information content (AvgIpc) is 3.63. The maximum Gasteiger partial charge on any atom is 0.252 e. The Balaban J connectivity index is 1.46. The molecule has 2 fully saturated rings. The van der Waals surface area contributed by atoms with Crippen molar-refractivity contribution >= 4 is 10.9 Å². The van der Waals surface area contributed by atoms with E-state index < -0.39 is 0 Å². The molecule has 0 bridgehead atoms. The van der Waals surface area contributed by atoms with Gasteiger partial charge < -0.3 is 14.5 Å². The first kappa shape index (κ1) is 23.0. The van der Waals surface area contributed by atoms with E-state index in [1.54, 1.807) is 7.11 Å². The van der Waals surface area contributed by atoms with Crippen LogP contribution in [0.25, 0.3) is 10.9 Å². The molecule has 1 aliphatic carbocycles. The van der Waals surface area contributed by atoms with Gasteiger partial charge in [0.15, 0.2) is 5.82 Å². The minimum absolute atomic E-state index is 0.0328. The fraction of sp³-hybridized carbons (Fsp3) is 0.600. The van der Waals surface area contributed by atoms with E-state index in [2.05, 4.69) is 32.3 Å². The number of rotatable bonds is 9. The summed E-state index contributed by atoms with van der Waals surface area (Å²) in [6.07, 6.45) is 7.85. The number of H-pyrrole nitrogens is 1. The lowest BCUT2D eigenvalue weighted by Gasteiger charge is -2.35. The topological polar surface area (TPSA) is 98.2 Å². The van der Waals surface area contributed by atoms with Gasteiger partial charge in [0.1, 0.15) is 5.75 Å². The van der Waals surface area contributed by atoms with E-state index >= 15 is 0 Å². The van der Waals surface area contributed by atoms with E-state index in [1.807, 2.05) is 28.9 Å². The molecule has 1 N–H and O–H groups in total. The van der Waals surface area contributed by atoms with Crippen LogP contribution in [0.5, 0.6) is 5.75 Å². The number of benzene rings is 1. The van der Waals surface area contributed by atoms with Crippen molar-refractivity contribution in [2.75, 3.05) is 13.7 Å². The number of nitrogens with zero attached hydrogens (tertiary/aromatic N) is 5. The minimum atomic E-state index is -0.0578. The Bertz CT molecular complexity index is 1160. The molecule has 1 saturated heterocycles. The highest BCUT2D eigenvalue weighted by Gasteiger charge is 2.33. The van der Waals surface area contributed by atoms with Gasteiger partial charge in [-0.25, -0.2) is 4.68 Å². The SMILES string of the molecule is CCC(c1nnnn1CC1CCCO1)N(Cc1cc2ccc(OC)cc2[nH]c1=O)C1CCCC1. The molecule has 34 heavy (non-hydrogen) atoms. The summed E-state index contributed by atoms with van der Waals surface area (Å²) in [4.78, 5) is 18.6. The Morgan fingerprint density at radius 1 is 1.24 bits per heavy atom. The van der Waals surface area contributed by atoms with Crippen molar-refractivity contribution in [1.29, 1.82) is 0 Å². The third-order valence-corrected chi connectivity index (χ3v) is 7.32. The molecular weight excluding hydrogens is 432 g/mol. The molecule has 2 aliphatic rings. The van der Waals surface area contributed by atoms with Crippen LogP contribution in [0.1, 0.15) is 69.3 Å². The van der Waals surface area contributed by atoms with Gasteiger partial charge in [-0.05, 0) is 66.1 Å². The van der Waals surface area contributed by atoms with E-state index in [1.165, 1.54) is 12.8 Å². The van der Waals surface area contributed by atoms with Crippen molar-refractivity contribution in [2.45, 2.75) is 83.1 Å². The number of aromatic nitrogens is 5. The van der Waals surface area contributed by atoms with Crippen LogP contribution in [0.2, 0.25) is 0 Å². The predicted octanol–water partition coefficient (Wildman–Crippen LogP) is 3.60. The second kappa shape index (κ2) is 10.2. The zero-order chi connectivity index (χ0) is 23.5. The summed E-state index contributed by atoms with van der Waals surface area (Å²) < 4.78 is 13.1. The molecule has 1 saturated carbocycles. The standard InChI is InChI=1S/C25H34N6O3/c1-3-23(24-27-28-29-31(24)16-21-9-6-12-34-21)30(19-7-4-5-8-19)15-18-13-17-10-11-20(33-2)14-22(17)26-25(18)32/h10-11,13-14,19,21,23H,3-9,12,15-16H2,1-2H3,(H,26,32). The molecular formula is C25H34N6O3. The quantitative estimate of drug-likeness (QED) is 0.514. The zero-order valence-corrected chi connectivity index (χ0v) is 20.1. The Morgan fingerprint density at radius 2 is 2.09 bits per heavy atom. The van der Waals surface area contributed by atoms with Crippen LogP contribution in [0.15, 0.2) is 29.1 Å². The second-order valence-corrected chi connectivity index (χ2v) is 9.47. The fourth-order valence-electron chi connectivity index (χ4n) is 5.52. The van der Waals surface area contributed by atoms with Gasteiger partial charge in [-0.15, -0.1) is 5.10 Å². The number of fused-ring (bicyclic) bond motifs is 1. The van der Waals surface area contributed by atoms with Gasteiger partial charge in [-0.3, -0.25) is 9.69 Å². The van der Waals surface area contributed by atoms with Gasteiger partial charge in [0.2, 0.25) is 0 Å². The maximum absolute atomic E-state index is 13.1. The number of nitrogens with one attached hydrogen (secondary N) is 1. The van der Waals surface area contributed by atoms with E-state index in [-0.39, 0.29) is 17.7 Å². The first-order chi connectivity index (χ1) is 16.7. The molecule has 3 aromatic rings. The predicted molar refractivity (Wildman–Crippen MR) is 129 cm³/mol. The fourth-order valence-corrected chi connectivity index (χ4v) is 5.52. The summed E-state index contributed by atoms with van der Waals surface area (Å²) in [7, 11) is 1.63. The van der Waals surface area contributed by atoms with Crippen LogP contribution in [0, 0.1) is 0 Å². The molecule has 2 unspecified atom stereocenters. The number of tetrazole rings is 1. The summed E-state index contributed by atoms with van der Waals surface area (Å²) >= 11 is 0. The van der Waals surface area contributed by atoms with Crippen LogP contribution in [-0.2, 0) is 17.8 Å². The van der Waals surface area contributed by atoms with Crippen LogP contribution < -0.4 is 10.3 Å². The van der Waals surface area contributed by atoms with Gasteiger partial charge in [0.05, 0.1) is 31.3 Å². The van der Waals surface area contributed by atoms with Gasteiger partial charge in [0.25, 0.3) is 5.56 Å². The van der Waals surface area contributed by atoms with Crippen LogP contribution in [0.4, 0.5) is 0 Å². The Hall–Kier alpha value is -2.78. The van der Waals surface area contributed by atoms with Crippen molar-refractivity contribution in [3.8, 4) is 5.75 Å². The monoisotopic (exact) mass is 466 g/mol. The van der Waals surface area contributed by atoms with E-state index in [0.29, 0.717) is 19.1 Å². The molecule has 1 aromatic carbocycles. The molecule has 2 atom stereocenters. The van der Waals surface area contributed by atoms with Crippen molar-refractivity contribution in [1.82, 2.24) is 30.1 Å². The molecule has 0 spiro atoms. The minimum Gasteiger partial charge on any atom is -0.497 e. The molecule has 1 aliphatic heterocycles. The normalized spacial score (nSPS) is 19.9. The van der Waals surface area contributed by atoms with Crippen molar-refractivity contribution in [3.05, 3.63) is 46.0 Å². The smallest absolute Gasteiger partial charge is 0.252 e. The Morgan fingerprint density at radius 3 is 2.82 bits per heavy atom. The third kappa shape index (κ3) is 4.72. The van der Waals surface area contributed by atoms with Gasteiger partial charge in [0, 0.05) is 30.8 Å². The molecule has 0 amide bonds. The van der Waals surface area contributed by atoms with Crippen LogP contribution >= 0.6 is 0 Å².